The van der Waals surface area contributed by atoms with Gasteiger partial charge >= 0.3 is 0 Å². The molecule has 11 nitrogen and oxygen atoms in total. The Morgan fingerprint density at radius 1 is 1.00 bits per heavy atom. The van der Waals surface area contributed by atoms with Crippen molar-refractivity contribution in [2.24, 2.45) is 0 Å². The first-order valence-electron chi connectivity index (χ1n) is 9.91. The number of carbonyl (C=O) groups excluding carboxylic acids is 1. The first kappa shape index (κ1) is 20.7. The number of hydrogen-bond donors (Lipinski definition) is 2. The highest BCUT2D eigenvalue weighted by atomic mass is 32.2. The smallest absolute Gasteiger partial charge is 0.279 e. The van der Waals surface area contributed by atoms with E-state index in [4.69, 9.17) is 28.9 Å². The van der Waals surface area contributed by atoms with E-state index in [0.29, 0.717) is 30.1 Å². The highest BCUT2D eigenvalue weighted by Gasteiger charge is 2.36. The molecule has 1 amide bonds. The van der Waals surface area contributed by atoms with Crippen LogP contribution in [0.1, 0.15) is 23.2 Å². The zero-order valence-corrected chi connectivity index (χ0v) is 17.6. The summed E-state index contributed by atoms with van der Waals surface area (Å²) in [4.78, 5) is 12.0. The van der Waals surface area contributed by atoms with Crippen LogP contribution < -0.4 is 29.2 Å². The third-order valence-electron chi connectivity index (χ3n) is 5.50. The van der Waals surface area contributed by atoms with Crippen molar-refractivity contribution in [1.82, 2.24) is 9.79 Å². The molecule has 3 aliphatic heterocycles. The van der Waals surface area contributed by atoms with E-state index in [-0.39, 0.29) is 54.7 Å². The number of carbonyl (C=O) groups is 1. The van der Waals surface area contributed by atoms with Crippen LogP contribution in [-0.4, -0.2) is 56.6 Å². The molecule has 170 valence electrons. The van der Waals surface area contributed by atoms with Crippen LogP contribution in [0.2, 0.25) is 0 Å². The number of nitrogens with one attached hydrogen (secondary N) is 1. The maximum atomic E-state index is 13.3. The van der Waals surface area contributed by atoms with Crippen LogP contribution in [0, 0.1) is 0 Å². The molecule has 2 aromatic carbocycles. The molecule has 0 atom stereocenters. The number of amides is 1. The number of benzene rings is 2. The van der Waals surface area contributed by atoms with Gasteiger partial charge in [0.05, 0.1) is 4.90 Å². The van der Waals surface area contributed by atoms with Gasteiger partial charge in [0.2, 0.25) is 23.6 Å². The lowest BCUT2D eigenvalue weighted by Gasteiger charge is -2.31. The summed E-state index contributed by atoms with van der Waals surface area (Å²) in [5.74, 6) is 1.11. The van der Waals surface area contributed by atoms with E-state index >= 15 is 0 Å². The third kappa shape index (κ3) is 3.55. The second-order valence-corrected chi connectivity index (χ2v) is 9.26. The molecular weight excluding hydrogens is 444 g/mol. The number of ether oxygens (including phenoxy) is 5. The lowest BCUT2D eigenvalue weighted by atomic mass is 10.1. The molecule has 3 heterocycles. The molecule has 0 bridgehead atoms. The molecule has 0 aliphatic carbocycles. The molecular formula is C20H20N2O9S. The van der Waals surface area contributed by atoms with E-state index in [9.17, 15) is 13.2 Å². The maximum Gasteiger partial charge on any atom is 0.279 e. The minimum atomic E-state index is -4.04. The number of rotatable bonds is 5. The normalized spacial score (nSPS) is 17.9. The first-order chi connectivity index (χ1) is 15.5. The van der Waals surface area contributed by atoms with Crippen LogP contribution in [-0.2, 0) is 10.0 Å². The zero-order chi connectivity index (χ0) is 22.3. The number of fused-ring (bicyclic) bond motifs is 2. The fourth-order valence-corrected chi connectivity index (χ4v) is 5.57. The Balaban J connectivity index is 1.32. The summed E-state index contributed by atoms with van der Waals surface area (Å²) in [6.07, 6.45) is 0.734. The van der Waals surface area contributed by atoms with Crippen molar-refractivity contribution in [2.45, 2.75) is 23.8 Å². The monoisotopic (exact) mass is 464 g/mol. The van der Waals surface area contributed by atoms with Gasteiger partial charge < -0.3 is 23.7 Å². The standard InChI is InChI=1S/C20H20N2O9S/c23-20(21-24)18-17(4-3-15-19(18)30-11-28-15)32(25,26)22-7-5-12(6-8-22)31-13-1-2-14-16(9-13)29-10-27-14/h1-4,9,12,24H,5-8,10-11H2,(H,21,23). The predicted molar refractivity (Wildman–Crippen MR) is 107 cm³/mol. The summed E-state index contributed by atoms with van der Waals surface area (Å²) in [5, 5.41) is 9.12. The van der Waals surface area contributed by atoms with Crippen LogP contribution in [0.15, 0.2) is 35.2 Å². The fourth-order valence-electron chi connectivity index (χ4n) is 3.91. The van der Waals surface area contributed by atoms with Crippen LogP contribution in [0.4, 0.5) is 0 Å². The lowest BCUT2D eigenvalue weighted by molar-refractivity contribution is 0.0697. The minimum absolute atomic E-state index is 0.0151. The number of nitrogens with zero attached hydrogens (tertiary/aromatic N) is 1. The molecule has 2 N–H and O–H groups in total. The van der Waals surface area contributed by atoms with Crippen LogP contribution >= 0.6 is 0 Å². The average molecular weight is 464 g/mol. The van der Waals surface area contributed by atoms with Crippen LogP contribution in [0.5, 0.6) is 28.7 Å². The molecule has 0 spiro atoms. The highest BCUT2D eigenvalue weighted by molar-refractivity contribution is 7.89. The van der Waals surface area contributed by atoms with Gasteiger partial charge in [-0.2, -0.15) is 4.31 Å². The molecule has 1 fully saturated rings. The number of hydrogen-bond acceptors (Lipinski definition) is 9. The van der Waals surface area contributed by atoms with Crippen molar-refractivity contribution in [3.8, 4) is 28.7 Å². The lowest BCUT2D eigenvalue weighted by Crippen LogP contribution is -2.42. The zero-order valence-electron chi connectivity index (χ0n) is 16.8. The third-order valence-corrected chi connectivity index (χ3v) is 7.44. The van der Waals surface area contributed by atoms with E-state index in [2.05, 4.69) is 0 Å². The largest absolute Gasteiger partial charge is 0.490 e. The predicted octanol–water partition coefficient (Wildman–Crippen LogP) is 1.50. The summed E-state index contributed by atoms with van der Waals surface area (Å²) in [6, 6.07) is 8.01. The molecule has 0 radical (unpaired) electrons. The van der Waals surface area contributed by atoms with Gasteiger partial charge in [0.1, 0.15) is 17.4 Å². The molecule has 1 saturated heterocycles. The molecule has 3 aliphatic rings. The molecule has 2 aromatic rings. The van der Waals surface area contributed by atoms with Crippen molar-refractivity contribution < 1.29 is 42.1 Å². The topological polar surface area (TPSA) is 133 Å². The van der Waals surface area contributed by atoms with E-state index in [1.807, 2.05) is 0 Å². The summed E-state index contributed by atoms with van der Waals surface area (Å²) < 4.78 is 55.1. The molecule has 5 rings (SSSR count). The Labute approximate surface area is 183 Å². The Bertz CT molecular complexity index is 1160. The van der Waals surface area contributed by atoms with Gasteiger partial charge in [-0.15, -0.1) is 0 Å². The van der Waals surface area contributed by atoms with E-state index in [1.54, 1.807) is 18.2 Å². The number of hydroxylamine groups is 1. The van der Waals surface area contributed by atoms with Crippen molar-refractivity contribution >= 4 is 15.9 Å². The Morgan fingerprint density at radius 2 is 1.69 bits per heavy atom. The van der Waals surface area contributed by atoms with Gasteiger partial charge in [-0.25, -0.2) is 13.9 Å². The summed E-state index contributed by atoms with van der Waals surface area (Å²) >= 11 is 0. The van der Waals surface area contributed by atoms with Crippen LogP contribution in [0.25, 0.3) is 0 Å². The minimum Gasteiger partial charge on any atom is -0.490 e. The number of piperidine rings is 1. The summed E-state index contributed by atoms with van der Waals surface area (Å²) in [5.41, 5.74) is 1.19. The van der Waals surface area contributed by atoms with Gasteiger partial charge in [0.25, 0.3) is 5.91 Å². The summed E-state index contributed by atoms with van der Waals surface area (Å²) in [7, 11) is -4.04. The molecule has 12 heteroatoms. The van der Waals surface area contributed by atoms with Gasteiger partial charge in [0, 0.05) is 19.2 Å². The van der Waals surface area contributed by atoms with E-state index in [0.717, 1.165) is 0 Å². The van der Waals surface area contributed by atoms with Crippen LogP contribution in [0.3, 0.4) is 0 Å². The molecule has 0 aromatic heterocycles. The Hall–Kier alpha value is -3.22. The second-order valence-electron chi connectivity index (χ2n) is 7.35. The second kappa shape index (κ2) is 8.04. The van der Waals surface area contributed by atoms with Gasteiger partial charge in [-0.05, 0) is 37.1 Å². The Kier molecular flexibility index (Phi) is 5.19. The van der Waals surface area contributed by atoms with Crippen molar-refractivity contribution in [3.05, 3.63) is 35.9 Å². The molecule has 0 saturated carbocycles. The van der Waals surface area contributed by atoms with Gasteiger partial charge in [-0.3, -0.25) is 10.0 Å². The number of sulfonamides is 1. The first-order valence-corrected chi connectivity index (χ1v) is 11.3. The Morgan fingerprint density at radius 3 is 2.47 bits per heavy atom. The van der Waals surface area contributed by atoms with Gasteiger partial charge in [0.15, 0.2) is 23.0 Å². The van der Waals surface area contributed by atoms with Crippen molar-refractivity contribution in [1.29, 1.82) is 0 Å². The van der Waals surface area contributed by atoms with Crippen molar-refractivity contribution in [3.63, 3.8) is 0 Å². The fraction of sp³-hybridized carbons (Fsp3) is 0.350. The molecule has 32 heavy (non-hydrogen) atoms. The maximum absolute atomic E-state index is 13.3. The highest BCUT2D eigenvalue weighted by Crippen LogP contribution is 2.40. The quantitative estimate of drug-likeness (QED) is 0.499. The van der Waals surface area contributed by atoms with Gasteiger partial charge in [-0.1, -0.05) is 0 Å². The van der Waals surface area contributed by atoms with Crippen molar-refractivity contribution in [2.75, 3.05) is 26.7 Å². The van der Waals surface area contributed by atoms with E-state index < -0.39 is 15.9 Å². The average Bonchev–Trinajstić information content (AvgIpc) is 3.47. The SMILES string of the molecule is O=C(NO)c1c(S(=O)(=O)N2CCC(Oc3ccc4c(c3)OCO4)CC2)ccc2c1OCO2. The molecule has 0 unspecified atom stereocenters. The summed E-state index contributed by atoms with van der Waals surface area (Å²) in [6.45, 7) is 0.427. The van der Waals surface area contributed by atoms with E-state index in [1.165, 1.54) is 21.9 Å².